The summed E-state index contributed by atoms with van der Waals surface area (Å²) in [6.07, 6.45) is 1.52. The number of rotatable bonds is 4. The lowest BCUT2D eigenvalue weighted by atomic mass is 10.1. The molecule has 0 bridgehead atoms. The molecule has 2 amide bonds. The van der Waals surface area contributed by atoms with Gasteiger partial charge in [-0.15, -0.1) is 0 Å². The minimum atomic E-state index is -0.524. The molecule has 0 radical (unpaired) electrons. The Labute approximate surface area is 193 Å². The molecular formula is C19H13FI2N2O3S. The summed E-state index contributed by atoms with van der Waals surface area (Å²) in [5.74, 6) is -0.632. The van der Waals surface area contributed by atoms with Gasteiger partial charge in [-0.25, -0.2) is 4.39 Å². The minimum Gasteiger partial charge on any atom is -0.487 e. The molecule has 144 valence electrons. The second-order valence-electron chi connectivity index (χ2n) is 5.91. The Balaban J connectivity index is 1.84. The monoisotopic (exact) mass is 622 g/mol. The zero-order chi connectivity index (χ0) is 20.4. The van der Waals surface area contributed by atoms with E-state index in [1.54, 1.807) is 12.1 Å². The molecule has 3 rings (SSSR count). The summed E-state index contributed by atoms with van der Waals surface area (Å²) in [7, 11) is 1.51. The van der Waals surface area contributed by atoms with Crippen molar-refractivity contribution in [2.24, 2.45) is 0 Å². The number of hydrogen-bond donors (Lipinski definition) is 1. The Morgan fingerprint density at radius 3 is 2.54 bits per heavy atom. The Hall–Kier alpha value is -1.60. The summed E-state index contributed by atoms with van der Waals surface area (Å²) in [5.41, 5.74) is 1.42. The van der Waals surface area contributed by atoms with Crippen LogP contribution in [0.15, 0.2) is 42.0 Å². The third kappa shape index (κ3) is 4.69. The first kappa shape index (κ1) is 21.1. The summed E-state index contributed by atoms with van der Waals surface area (Å²) in [6, 6.07) is 9.84. The second-order valence-corrected chi connectivity index (χ2v) is 8.62. The molecule has 0 aliphatic carbocycles. The molecule has 0 unspecified atom stereocenters. The van der Waals surface area contributed by atoms with E-state index in [0.29, 0.717) is 11.3 Å². The number of nitrogens with zero attached hydrogens (tertiary/aromatic N) is 1. The first-order valence-electron chi connectivity index (χ1n) is 7.97. The van der Waals surface area contributed by atoms with Crippen LogP contribution >= 0.6 is 57.4 Å². The third-order valence-electron chi connectivity index (χ3n) is 3.91. The standard InChI is InChI=1S/C19H13FI2N2O3S/c1-24-18(26)13(17(25)23-19(24)28)6-11-7-14(21)16(15(22)8-11)27-9-10-3-2-4-12(20)5-10/h2-8H,9H2,1H3,(H,23,25,28)/b13-6+. The molecule has 1 N–H and O–H groups in total. The Kier molecular flexibility index (Phi) is 6.65. The Morgan fingerprint density at radius 1 is 1.21 bits per heavy atom. The predicted molar refractivity (Wildman–Crippen MR) is 124 cm³/mol. The predicted octanol–water partition coefficient (Wildman–Crippen LogP) is 3.87. The normalized spacial score (nSPS) is 15.8. The molecule has 0 spiro atoms. The number of likely N-dealkylation sites (N-methyl/N-ethyl adjacent to an activating group) is 1. The van der Waals surface area contributed by atoms with Gasteiger partial charge in [-0.1, -0.05) is 12.1 Å². The maximum absolute atomic E-state index is 13.3. The molecule has 0 saturated carbocycles. The van der Waals surface area contributed by atoms with Crippen molar-refractivity contribution in [2.75, 3.05) is 7.05 Å². The highest BCUT2D eigenvalue weighted by molar-refractivity contribution is 14.1. The maximum atomic E-state index is 13.3. The minimum absolute atomic E-state index is 0.0103. The molecule has 1 aliphatic rings. The highest BCUT2D eigenvalue weighted by atomic mass is 127. The zero-order valence-electron chi connectivity index (χ0n) is 14.5. The Bertz CT molecular complexity index is 1000. The fourth-order valence-corrected chi connectivity index (χ4v) is 4.80. The van der Waals surface area contributed by atoms with Crippen molar-refractivity contribution in [2.45, 2.75) is 6.61 Å². The summed E-state index contributed by atoms with van der Waals surface area (Å²) >= 11 is 9.19. The van der Waals surface area contributed by atoms with Crippen molar-refractivity contribution in [3.8, 4) is 5.75 Å². The first-order chi connectivity index (χ1) is 13.3. The molecule has 1 heterocycles. The topological polar surface area (TPSA) is 58.6 Å². The molecule has 1 aliphatic heterocycles. The Morgan fingerprint density at radius 2 is 1.89 bits per heavy atom. The number of thiocarbonyl (C=S) groups is 1. The SMILES string of the molecule is CN1C(=O)/C(=C/c2cc(I)c(OCc3cccc(F)c3)c(I)c2)C(=O)NC1=S. The van der Waals surface area contributed by atoms with Crippen molar-refractivity contribution < 1.29 is 18.7 Å². The average Bonchev–Trinajstić information content (AvgIpc) is 2.63. The van der Waals surface area contributed by atoms with Gasteiger partial charge in [0.05, 0.1) is 7.14 Å². The van der Waals surface area contributed by atoms with Crippen LogP contribution in [-0.4, -0.2) is 28.9 Å². The molecule has 28 heavy (non-hydrogen) atoms. The fraction of sp³-hybridized carbons (Fsp3) is 0.105. The molecule has 1 saturated heterocycles. The second kappa shape index (κ2) is 8.82. The van der Waals surface area contributed by atoms with E-state index in [1.807, 2.05) is 12.1 Å². The molecule has 0 atom stereocenters. The van der Waals surface area contributed by atoms with E-state index in [0.717, 1.165) is 12.7 Å². The van der Waals surface area contributed by atoms with E-state index in [2.05, 4.69) is 50.5 Å². The van der Waals surface area contributed by atoms with Gasteiger partial charge in [0.15, 0.2) is 5.11 Å². The van der Waals surface area contributed by atoms with E-state index < -0.39 is 11.8 Å². The van der Waals surface area contributed by atoms with Crippen LogP contribution in [0.2, 0.25) is 0 Å². The van der Waals surface area contributed by atoms with Crippen molar-refractivity contribution in [3.63, 3.8) is 0 Å². The number of carbonyl (C=O) groups excluding carboxylic acids is 2. The van der Waals surface area contributed by atoms with E-state index in [4.69, 9.17) is 17.0 Å². The number of nitrogens with one attached hydrogen (secondary N) is 1. The van der Waals surface area contributed by atoms with Crippen LogP contribution in [0.3, 0.4) is 0 Å². The van der Waals surface area contributed by atoms with E-state index in [9.17, 15) is 14.0 Å². The highest BCUT2D eigenvalue weighted by Crippen LogP contribution is 2.31. The van der Waals surface area contributed by atoms with Crippen LogP contribution in [-0.2, 0) is 16.2 Å². The number of ether oxygens (including phenoxy) is 1. The molecule has 2 aromatic carbocycles. The summed E-state index contributed by atoms with van der Waals surface area (Å²) in [6.45, 7) is 0.229. The molecule has 1 fully saturated rings. The maximum Gasteiger partial charge on any atom is 0.265 e. The van der Waals surface area contributed by atoms with Gasteiger partial charge in [-0.05, 0) is 98.9 Å². The highest BCUT2D eigenvalue weighted by Gasteiger charge is 2.30. The van der Waals surface area contributed by atoms with Crippen LogP contribution in [0, 0.1) is 13.0 Å². The molecule has 9 heteroatoms. The molecule has 5 nitrogen and oxygen atoms in total. The largest absolute Gasteiger partial charge is 0.487 e. The van der Waals surface area contributed by atoms with Crippen LogP contribution in [0.5, 0.6) is 5.75 Å². The number of benzene rings is 2. The smallest absolute Gasteiger partial charge is 0.265 e. The molecular weight excluding hydrogens is 609 g/mol. The van der Waals surface area contributed by atoms with E-state index in [-0.39, 0.29) is 23.1 Å². The van der Waals surface area contributed by atoms with Crippen LogP contribution in [0.1, 0.15) is 11.1 Å². The quantitative estimate of drug-likeness (QED) is 0.244. The van der Waals surface area contributed by atoms with Gasteiger partial charge in [-0.3, -0.25) is 19.8 Å². The lowest BCUT2D eigenvalue weighted by Crippen LogP contribution is -2.52. The number of hydrogen-bond acceptors (Lipinski definition) is 4. The average molecular weight is 622 g/mol. The van der Waals surface area contributed by atoms with Crippen LogP contribution in [0.4, 0.5) is 4.39 Å². The van der Waals surface area contributed by atoms with E-state index in [1.165, 1.54) is 30.2 Å². The van der Waals surface area contributed by atoms with Crippen molar-refractivity contribution in [3.05, 3.63) is 66.1 Å². The van der Waals surface area contributed by atoms with Gasteiger partial charge in [0.1, 0.15) is 23.7 Å². The van der Waals surface area contributed by atoms with Gasteiger partial charge in [0, 0.05) is 7.05 Å². The lowest BCUT2D eigenvalue weighted by Gasteiger charge is -2.25. The van der Waals surface area contributed by atoms with Crippen LogP contribution in [0.25, 0.3) is 6.08 Å². The van der Waals surface area contributed by atoms with Gasteiger partial charge in [0.2, 0.25) is 0 Å². The van der Waals surface area contributed by atoms with Crippen molar-refractivity contribution >= 4 is 80.4 Å². The lowest BCUT2D eigenvalue weighted by molar-refractivity contribution is -0.128. The van der Waals surface area contributed by atoms with Crippen molar-refractivity contribution in [1.82, 2.24) is 10.2 Å². The number of halogens is 3. The van der Waals surface area contributed by atoms with Gasteiger partial charge >= 0.3 is 0 Å². The van der Waals surface area contributed by atoms with Gasteiger partial charge in [-0.2, -0.15) is 0 Å². The summed E-state index contributed by atoms with van der Waals surface area (Å²) in [5, 5.41) is 2.56. The van der Waals surface area contributed by atoms with Gasteiger partial charge < -0.3 is 4.74 Å². The molecule has 2 aromatic rings. The number of amides is 2. The zero-order valence-corrected chi connectivity index (χ0v) is 19.6. The van der Waals surface area contributed by atoms with Crippen molar-refractivity contribution in [1.29, 1.82) is 0 Å². The first-order valence-corrected chi connectivity index (χ1v) is 10.5. The third-order valence-corrected chi connectivity index (χ3v) is 5.89. The van der Waals surface area contributed by atoms with Crippen LogP contribution < -0.4 is 10.1 Å². The van der Waals surface area contributed by atoms with Gasteiger partial charge in [0.25, 0.3) is 11.8 Å². The molecule has 0 aromatic heterocycles. The summed E-state index contributed by atoms with van der Waals surface area (Å²) in [4.78, 5) is 25.7. The number of carbonyl (C=O) groups is 2. The summed E-state index contributed by atoms with van der Waals surface area (Å²) < 4.78 is 20.8. The fourth-order valence-electron chi connectivity index (χ4n) is 2.50. The van der Waals surface area contributed by atoms with E-state index >= 15 is 0 Å².